The van der Waals surface area contributed by atoms with Crippen molar-refractivity contribution in [3.63, 3.8) is 0 Å². The first-order chi connectivity index (χ1) is 15.3. The lowest BCUT2D eigenvalue weighted by Crippen LogP contribution is -2.40. The zero-order valence-electron chi connectivity index (χ0n) is 18.6. The molecule has 1 fully saturated rings. The fraction of sp³-hybridized carbons (Fsp3) is 0.333. The predicted octanol–water partition coefficient (Wildman–Crippen LogP) is 2.18. The van der Waals surface area contributed by atoms with E-state index >= 15 is 0 Å². The van der Waals surface area contributed by atoms with E-state index in [-0.39, 0.29) is 37.4 Å². The molecular weight excluding hydrogens is 408 g/mol. The number of rotatable bonds is 7. The molecule has 0 spiro atoms. The zero-order valence-corrected chi connectivity index (χ0v) is 18.6. The molecule has 0 bridgehead atoms. The van der Waals surface area contributed by atoms with E-state index in [9.17, 15) is 14.4 Å². The Bertz CT molecular complexity index is 1030. The van der Waals surface area contributed by atoms with Crippen LogP contribution in [0.1, 0.15) is 34.3 Å². The summed E-state index contributed by atoms with van der Waals surface area (Å²) in [6, 6.07) is 13.3. The fourth-order valence-electron chi connectivity index (χ4n) is 4.07. The monoisotopic (exact) mass is 436 g/mol. The molecule has 1 atom stereocenters. The topological polar surface area (TPSA) is 114 Å². The van der Waals surface area contributed by atoms with E-state index in [0.29, 0.717) is 17.7 Å². The van der Waals surface area contributed by atoms with Gasteiger partial charge in [-0.25, -0.2) is 0 Å². The van der Waals surface area contributed by atoms with Crippen molar-refractivity contribution in [1.29, 1.82) is 0 Å². The first-order valence-electron chi connectivity index (χ1n) is 10.4. The number of primary amides is 1. The van der Waals surface area contributed by atoms with Crippen LogP contribution in [0.4, 0.5) is 0 Å². The van der Waals surface area contributed by atoms with Gasteiger partial charge in [0.2, 0.25) is 11.8 Å². The zero-order chi connectivity index (χ0) is 23.3. The Morgan fingerprint density at radius 3 is 2.38 bits per heavy atom. The van der Waals surface area contributed by atoms with Crippen LogP contribution < -0.4 is 11.1 Å². The number of amides is 3. The molecule has 32 heavy (non-hydrogen) atoms. The average molecular weight is 437 g/mol. The molecule has 2 aromatic carbocycles. The standard InChI is InChI=1S/C24H28N4O4/c1-15-5-4-6-16(2)23(15)17-7-9-18(10-8-17)24(31)28-14-19(27-32-3)11-20(28)12-22(30)26-13-21(25)29/h4-10,20H,11-14H2,1-3H3,(H2,25,29)(H,26,30)/t20-/m0/s1. The minimum Gasteiger partial charge on any atom is -0.399 e. The molecule has 3 rings (SSSR count). The summed E-state index contributed by atoms with van der Waals surface area (Å²) in [5, 5.41) is 6.44. The van der Waals surface area contributed by atoms with Gasteiger partial charge in [0.1, 0.15) is 7.11 Å². The van der Waals surface area contributed by atoms with Gasteiger partial charge in [-0.05, 0) is 48.2 Å². The van der Waals surface area contributed by atoms with Crippen molar-refractivity contribution in [2.24, 2.45) is 10.9 Å². The van der Waals surface area contributed by atoms with Crippen LogP contribution in [0.3, 0.4) is 0 Å². The van der Waals surface area contributed by atoms with Crippen molar-refractivity contribution in [1.82, 2.24) is 10.2 Å². The lowest BCUT2D eigenvalue weighted by Gasteiger charge is -2.24. The van der Waals surface area contributed by atoms with E-state index < -0.39 is 5.91 Å². The third-order valence-electron chi connectivity index (χ3n) is 5.53. The van der Waals surface area contributed by atoms with Gasteiger partial charge in [-0.1, -0.05) is 35.5 Å². The number of benzene rings is 2. The van der Waals surface area contributed by atoms with Gasteiger partial charge in [0, 0.05) is 24.4 Å². The number of oxime groups is 1. The van der Waals surface area contributed by atoms with Crippen LogP contribution in [-0.4, -0.2) is 54.6 Å². The van der Waals surface area contributed by atoms with Crippen molar-refractivity contribution in [2.45, 2.75) is 32.7 Å². The number of nitrogens with zero attached hydrogens (tertiary/aromatic N) is 2. The maximum atomic E-state index is 13.3. The molecule has 168 valence electrons. The minimum absolute atomic E-state index is 0.0439. The quantitative estimate of drug-likeness (QED) is 0.648. The third kappa shape index (κ3) is 5.32. The maximum absolute atomic E-state index is 13.3. The Morgan fingerprint density at radius 2 is 1.78 bits per heavy atom. The summed E-state index contributed by atoms with van der Waals surface area (Å²) >= 11 is 0. The Kier molecular flexibility index (Phi) is 7.25. The highest BCUT2D eigenvalue weighted by molar-refractivity contribution is 6.01. The lowest BCUT2D eigenvalue weighted by atomic mass is 9.95. The molecule has 8 nitrogen and oxygen atoms in total. The number of likely N-dealkylation sites (tertiary alicyclic amines) is 1. The van der Waals surface area contributed by atoms with Gasteiger partial charge in [0.05, 0.1) is 18.8 Å². The molecule has 1 saturated heterocycles. The normalized spacial score (nSPS) is 16.8. The highest BCUT2D eigenvalue weighted by Crippen LogP contribution is 2.28. The van der Waals surface area contributed by atoms with Crippen LogP contribution in [0, 0.1) is 13.8 Å². The van der Waals surface area contributed by atoms with Gasteiger partial charge in [-0.3, -0.25) is 14.4 Å². The Hall–Kier alpha value is -3.68. The van der Waals surface area contributed by atoms with Gasteiger partial charge in [0.15, 0.2) is 0 Å². The van der Waals surface area contributed by atoms with E-state index in [1.54, 1.807) is 17.0 Å². The van der Waals surface area contributed by atoms with Crippen LogP contribution in [0.5, 0.6) is 0 Å². The maximum Gasteiger partial charge on any atom is 0.254 e. The first kappa shape index (κ1) is 23.0. The SMILES string of the molecule is CON=C1C[C@@H](CC(=O)NCC(N)=O)N(C(=O)c2ccc(-c3c(C)cccc3C)cc2)C1. The van der Waals surface area contributed by atoms with Crippen molar-refractivity contribution in [3.8, 4) is 11.1 Å². The van der Waals surface area contributed by atoms with Crippen molar-refractivity contribution >= 4 is 23.4 Å². The number of carbonyl (C=O) groups is 3. The molecule has 3 amide bonds. The molecular formula is C24H28N4O4. The molecule has 1 aliphatic heterocycles. The van der Waals surface area contributed by atoms with Crippen LogP contribution in [0.2, 0.25) is 0 Å². The molecule has 0 saturated carbocycles. The van der Waals surface area contributed by atoms with Crippen LogP contribution in [-0.2, 0) is 14.4 Å². The number of nitrogens with one attached hydrogen (secondary N) is 1. The molecule has 1 heterocycles. The van der Waals surface area contributed by atoms with Crippen molar-refractivity contribution < 1.29 is 19.2 Å². The number of carbonyl (C=O) groups excluding carboxylic acids is 3. The fourth-order valence-corrected chi connectivity index (χ4v) is 4.07. The third-order valence-corrected chi connectivity index (χ3v) is 5.53. The van der Waals surface area contributed by atoms with Crippen molar-refractivity contribution in [3.05, 3.63) is 59.2 Å². The minimum atomic E-state index is -0.622. The van der Waals surface area contributed by atoms with Gasteiger partial charge in [0.25, 0.3) is 5.91 Å². The summed E-state index contributed by atoms with van der Waals surface area (Å²) in [5.74, 6) is -1.16. The van der Waals surface area contributed by atoms with E-state index in [1.807, 2.05) is 18.2 Å². The molecule has 0 radical (unpaired) electrons. The summed E-state index contributed by atoms with van der Waals surface area (Å²) < 4.78 is 0. The van der Waals surface area contributed by atoms with Gasteiger partial charge in [-0.15, -0.1) is 0 Å². The van der Waals surface area contributed by atoms with Crippen molar-refractivity contribution in [2.75, 3.05) is 20.2 Å². The number of nitrogens with two attached hydrogens (primary N) is 1. The largest absolute Gasteiger partial charge is 0.399 e. The smallest absolute Gasteiger partial charge is 0.254 e. The number of hydrogen-bond donors (Lipinski definition) is 2. The Balaban J connectivity index is 1.79. The van der Waals surface area contributed by atoms with E-state index in [1.165, 1.54) is 18.2 Å². The molecule has 2 aromatic rings. The Morgan fingerprint density at radius 1 is 1.12 bits per heavy atom. The molecule has 8 heteroatoms. The second-order valence-electron chi connectivity index (χ2n) is 7.92. The molecule has 0 aliphatic carbocycles. The lowest BCUT2D eigenvalue weighted by molar-refractivity contribution is -0.125. The van der Waals surface area contributed by atoms with Gasteiger partial charge >= 0.3 is 0 Å². The summed E-state index contributed by atoms with van der Waals surface area (Å²) in [7, 11) is 1.44. The second-order valence-corrected chi connectivity index (χ2v) is 7.92. The number of hydrogen-bond acceptors (Lipinski definition) is 5. The summed E-state index contributed by atoms with van der Waals surface area (Å²) in [4.78, 5) is 42.9. The summed E-state index contributed by atoms with van der Waals surface area (Å²) in [6.45, 7) is 4.17. The van der Waals surface area contributed by atoms with Gasteiger partial charge < -0.3 is 20.8 Å². The number of aryl methyl sites for hydroxylation is 2. The second kappa shape index (κ2) is 10.1. The van der Waals surface area contributed by atoms with Crippen LogP contribution in [0.15, 0.2) is 47.6 Å². The van der Waals surface area contributed by atoms with E-state index in [2.05, 4.69) is 36.5 Å². The first-order valence-corrected chi connectivity index (χ1v) is 10.4. The van der Waals surface area contributed by atoms with Gasteiger partial charge in [-0.2, -0.15) is 0 Å². The Labute approximate surface area is 187 Å². The predicted molar refractivity (Wildman–Crippen MR) is 122 cm³/mol. The summed E-state index contributed by atoms with van der Waals surface area (Å²) in [5.41, 5.74) is 10.8. The van der Waals surface area contributed by atoms with E-state index in [4.69, 9.17) is 10.6 Å². The summed E-state index contributed by atoms with van der Waals surface area (Å²) in [6.07, 6.45) is 0.465. The molecule has 3 N–H and O–H groups in total. The molecule has 1 aliphatic rings. The molecule has 0 aromatic heterocycles. The van der Waals surface area contributed by atoms with Crippen LogP contribution >= 0.6 is 0 Å². The average Bonchev–Trinajstić information content (AvgIpc) is 3.14. The molecule has 0 unspecified atom stereocenters. The van der Waals surface area contributed by atoms with E-state index in [0.717, 1.165) is 11.1 Å². The van der Waals surface area contributed by atoms with Crippen LogP contribution in [0.25, 0.3) is 11.1 Å². The highest BCUT2D eigenvalue weighted by atomic mass is 16.6. The highest BCUT2D eigenvalue weighted by Gasteiger charge is 2.35.